The Kier molecular flexibility index (Phi) is 2.55. The van der Waals surface area contributed by atoms with Gasteiger partial charge in [0.15, 0.2) is 0 Å². The van der Waals surface area contributed by atoms with E-state index in [9.17, 15) is 0 Å². The SMILES string of the molecule is CC(C)c1c[nH]c(C(C)C)[n+]1C. The summed E-state index contributed by atoms with van der Waals surface area (Å²) in [7, 11) is 2.13. The molecule has 0 aliphatic rings. The van der Waals surface area contributed by atoms with Crippen molar-refractivity contribution >= 4 is 0 Å². The lowest BCUT2D eigenvalue weighted by molar-refractivity contribution is -0.687. The van der Waals surface area contributed by atoms with E-state index in [4.69, 9.17) is 0 Å². The lowest BCUT2D eigenvalue weighted by Gasteiger charge is -2.02. The first-order valence-electron chi connectivity index (χ1n) is 4.61. The topological polar surface area (TPSA) is 19.7 Å². The lowest BCUT2D eigenvalue weighted by Crippen LogP contribution is -2.36. The Bertz CT molecular complexity index is 233. The number of hydrogen-bond acceptors (Lipinski definition) is 0. The van der Waals surface area contributed by atoms with Gasteiger partial charge in [-0.2, -0.15) is 0 Å². The molecule has 0 aliphatic heterocycles. The van der Waals surface area contributed by atoms with Crippen LogP contribution in [0.2, 0.25) is 0 Å². The van der Waals surface area contributed by atoms with Gasteiger partial charge < -0.3 is 0 Å². The van der Waals surface area contributed by atoms with Gasteiger partial charge in [-0.25, -0.2) is 9.55 Å². The van der Waals surface area contributed by atoms with Crippen LogP contribution in [0.3, 0.4) is 0 Å². The molecule has 0 atom stereocenters. The predicted octanol–water partition coefficient (Wildman–Crippen LogP) is 2.09. The van der Waals surface area contributed by atoms with Crippen molar-refractivity contribution in [1.82, 2.24) is 4.98 Å². The molecule has 2 heteroatoms. The Morgan fingerprint density at radius 1 is 1.17 bits per heavy atom. The largest absolute Gasteiger partial charge is 0.256 e. The summed E-state index contributed by atoms with van der Waals surface area (Å²) >= 11 is 0. The summed E-state index contributed by atoms with van der Waals surface area (Å²) in [6, 6.07) is 0. The maximum absolute atomic E-state index is 3.32. The van der Waals surface area contributed by atoms with Crippen molar-refractivity contribution in [2.45, 2.75) is 39.5 Å². The molecule has 0 aromatic carbocycles. The van der Waals surface area contributed by atoms with Gasteiger partial charge in [-0.3, -0.25) is 0 Å². The summed E-state index contributed by atoms with van der Waals surface area (Å²) < 4.78 is 2.26. The van der Waals surface area contributed by atoms with Crippen LogP contribution < -0.4 is 4.57 Å². The number of nitrogens with zero attached hydrogens (tertiary/aromatic N) is 1. The summed E-state index contributed by atoms with van der Waals surface area (Å²) in [6.07, 6.45) is 2.11. The third-order valence-electron chi connectivity index (χ3n) is 2.25. The van der Waals surface area contributed by atoms with Gasteiger partial charge >= 0.3 is 0 Å². The highest BCUT2D eigenvalue weighted by molar-refractivity contribution is 4.98. The molecule has 1 aromatic heterocycles. The fourth-order valence-corrected chi connectivity index (χ4v) is 1.59. The minimum atomic E-state index is 0.572. The minimum absolute atomic E-state index is 0.572. The number of aromatic nitrogens is 2. The molecule has 0 saturated heterocycles. The van der Waals surface area contributed by atoms with E-state index in [0.29, 0.717) is 11.8 Å². The van der Waals surface area contributed by atoms with E-state index < -0.39 is 0 Å². The van der Waals surface area contributed by atoms with Crippen LogP contribution in [-0.4, -0.2) is 4.98 Å². The number of nitrogens with one attached hydrogen (secondary N) is 1. The van der Waals surface area contributed by atoms with E-state index in [1.165, 1.54) is 11.5 Å². The second-order valence-electron chi connectivity index (χ2n) is 3.97. The molecule has 0 aliphatic carbocycles. The molecule has 0 spiro atoms. The molecular formula is C10H19N2+. The van der Waals surface area contributed by atoms with Crippen LogP contribution in [0.25, 0.3) is 0 Å². The zero-order valence-electron chi connectivity index (χ0n) is 8.68. The monoisotopic (exact) mass is 167 g/mol. The van der Waals surface area contributed by atoms with E-state index in [-0.39, 0.29) is 0 Å². The van der Waals surface area contributed by atoms with Gasteiger partial charge in [0.25, 0.3) is 5.82 Å². The first-order valence-corrected chi connectivity index (χ1v) is 4.61. The summed E-state index contributed by atoms with van der Waals surface area (Å²) in [5, 5.41) is 0. The van der Waals surface area contributed by atoms with Crippen LogP contribution in [0.5, 0.6) is 0 Å². The van der Waals surface area contributed by atoms with Crippen molar-refractivity contribution in [1.29, 1.82) is 0 Å². The van der Waals surface area contributed by atoms with E-state index in [2.05, 4.69) is 50.5 Å². The molecule has 2 nitrogen and oxygen atoms in total. The molecule has 68 valence electrons. The Hall–Kier alpha value is -0.790. The molecule has 1 aromatic rings. The predicted molar refractivity (Wildman–Crippen MR) is 50.1 cm³/mol. The highest BCUT2D eigenvalue weighted by Crippen LogP contribution is 2.13. The molecule has 0 unspecified atom stereocenters. The van der Waals surface area contributed by atoms with Crippen molar-refractivity contribution in [3.05, 3.63) is 17.7 Å². The molecule has 0 radical (unpaired) electrons. The van der Waals surface area contributed by atoms with Crippen LogP contribution in [0.4, 0.5) is 0 Å². The normalized spacial score (nSPS) is 11.6. The first-order chi connectivity index (χ1) is 5.54. The van der Waals surface area contributed by atoms with Gasteiger partial charge in [0, 0.05) is 5.92 Å². The van der Waals surface area contributed by atoms with Crippen LogP contribution in [0.15, 0.2) is 6.20 Å². The van der Waals surface area contributed by atoms with Crippen LogP contribution in [0.1, 0.15) is 51.0 Å². The molecular weight excluding hydrogens is 148 g/mol. The lowest BCUT2D eigenvalue weighted by atomic mass is 10.1. The van der Waals surface area contributed by atoms with E-state index in [1.807, 2.05) is 0 Å². The third kappa shape index (κ3) is 1.52. The Labute approximate surface area is 74.6 Å². The molecule has 0 bridgehead atoms. The molecule has 0 fully saturated rings. The van der Waals surface area contributed by atoms with Gasteiger partial charge in [-0.05, 0) is 0 Å². The maximum atomic E-state index is 3.32. The van der Waals surface area contributed by atoms with Crippen LogP contribution in [-0.2, 0) is 7.05 Å². The third-order valence-corrected chi connectivity index (χ3v) is 2.25. The van der Waals surface area contributed by atoms with Gasteiger partial charge in [0.05, 0.1) is 13.0 Å². The van der Waals surface area contributed by atoms with Gasteiger partial charge in [0.1, 0.15) is 11.9 Å². The Morgan fingerprint density at radius 3 is 2.00 bits per heavy atom. The minimum Gasteiger partial charge on any atom is -0.247 e. The summed E-state index contributed by atoms with van der Waals surface area (Å²) in [5.41, 5.74) is 1.37. The van der Waals surface area contributed by atoms with Gasteiger partial charge in [0.2, 0.25) is 0 Å². The average Bonchev–Trinajstić information content (AvgIpc) is 2.30. The average molecular weight is 167 g/mol. The summed E-state index contributed by atoms with van der Waals surface area (Å²) in [4.78, 5) is 3.32. The van der Waals surface area contributed by atoms with Crippen molar-refractivity contribution in [3.63, 3.8) is 0 Å². The number of rotatable bonds is 2. The molecule has 0 amide bonds. The Morgan fingerprint density at radius 2 is 1.75 bits per heavy atom. The van der Waals surface area contributed by atoms with Crippen molar-refractivity contribution in [2.24, 2.45) is 7.05 Å². The number of imidazole rings is 1. The fourth-order valence-electron chi connectivity index (χ4n) is 1.59. The van der Waals surface area contributed by atoms with Crippen LogP contribution >= 0.6 is 0 Å². The van der Waals surface area contributed by atoms with Gasteiger partial charge in [-0.1, -0.05) is 27.7 Å². The molecule has 0 saturated carbocycles. The quantitative estimate of drug-likeness (QED) is 0.651. The second-order valence-corrected chi connectivity index (χ2v) is 3.97. The molecule has 1 heterocycles. The van der Waals surface area contributed by atoms with Crippen LogP contribution in [0, 0.1) is 0 Å². The smallest absolute Gasteiger partial charge is 0.247 e. The number of H-pyrrole nitrogens is 1. The van der Waals surface area contributed by atoms with E-state index in [1.54, 1.807) is 0 Å². The maximum Gasteiger partial charge on any atom is 0.256 e. The zero-order valence-corrected chi connectivity index (χ0v) is 8.68. The summed E-state index contributed by atoms with van der Waals surface area (Å²) in [6.45, 7) is 8.84. The number of hydrogen-bond donors (Lipinski definition) is 1. The fraction of sp³-hybridized carbons (Fsp3) is 0.700. The molecule has 1 rings (SSSR count). The van der Waals surface area contributed by atoms with Crippen molar-refractivity contribution < 1.29 is 4.57 Å². The summed E-state index contributed by atoms with van der Waals surface area (Å²) in [5.74, 6) is 2.47. The first kappa shape index (κ1) is 9.30. The van der Waals surface area contributed by atoms with Crippen molar-refractivity contribution in [3.8, 4) is 0 Å². The van der Waals surface area contributed by atoms with Gasteiger partial charge in [-0.15, -0.1) is 0 Å². The Balaban J connectivity index is 3.04. The zero-order chi connectivity index (χ0) is 9.30. The van der Waals surface area contributed by atoms with E-state index in [0.717, 1.165) is 0 Å². The second kappa shape index (κ2) is 3.30. The highest BCUT2D eigenvalue weighted by atomic mass is 15.1. The molecule has 1 N–H and O–H groups in total. The standard InChI is InChI=1S/C10H18N2/c1-7(2)9-6-11-10(8(3)4)12(9)5/h6-8H,1-5H3/p+1. The number of aromatic amines is 1. The highest BCUT2D eigenvalue weighted by Gasteiger charge is 2.18. The van der Waals surface area contributed by atoms with Crippen molar-refractivity contribution in [2.75, 3.05) is 0 Å². The molecule has 12 heavy (non-hydrogen) atoms. The van der Waals surface area contributed by atoms with E-state index >= 15 is 0 Å².